The molecule has 2 heterocycles. The third-order valence-electron chi connectivity index (χ3n) is 6.70. The second-order valence-electron chi connectivity index (χ2n) is 8.16. The topological polar surface area (TPSA) is 44.8 Å². The smallest absolute Gasteiger partial charge is 0.381 e. The number of ether oxygens (including phenoxy) is 1. The lowest BCUT2D eigenvalue weighted by Gasteiger charge is -2.38. The van der Waals surface area contributed by atoms with Gasteiger partial charge in [-0.15, -0.1) is 0 Å². The van der Waals surface area contributed by atoms with E-state index in [2.05, 4.69) is 10.3 Å². The molecule has 3 aliphatic rings. The van der Waals surface area contributed by atoms with Crippen molar-refractivity contribution >= 4 is 5.91 Å². The number of nitrogens with one attached hydrogen (secondary N) is 1. The van der Waals surface area contributed by atoms with Crippen LogP contribution in [0.4, 0.5) is 13.2 Å². The van der Waals surface area contributed by atoms with Gasteiger partial charge in [0.25, 0.3) is 5.91 Å². The Bertz CT molecular complexity index is 742. The molecular formula is C20H26F3N3O2. The average Bonchev–Trinajstić information content (AvgIpc) is 2.96. The van der Waals surface area contributed by atoms with Crippen LogP contribution in [0.2, 0.25) is 0 Å². The molecule has 154 valence electrons. The van der Waals surface area contributed by atoms with E-state index in [4.69, 9.17) is 4.74 Å². The summed E-state index contributed by atoms with van der Waals surface area (Å²) in [4.78, 5) is 15.4. The normalized spacial score (nSPS) is 33.7. The van der Waals surface area contributed by atoms with Gasteiger partial charge in [-0.05, 0) is 49.9 Å². The Kier molecular flexibility index (Phi) is 5.14. The van der Waals surface area contributed by atoms with E-state index in [0.29, 0.717) is 24.1 Å². The fraction of sp³-hybridized carbons (Fsp3) is 0.650. The fourth-order valence-electron chi connectivity index (χ4n) is 5.31. The molecule has 5 nitrogen and oxygen atoms in total. The number of halogens is 3. The Morgan fingerprint density at radius 2 is 2.04 bits per heavy atom. The van der Waals surface area contributed by atoms with Crippen LogP contribution >= 0.6 is 0 Å². The largest absolute Gasteiger partial charge is 0.416 e. The van der Waals surface area contributed by atoms with E-state index in [0.717, 1.165) is 31.4 Å². The zero-order chi connectivity index (χ0) is 20.1. The number of alkyl halides is 3. The van der Waals surface area contributed by atoms with Crippen molar-refractivity contribution in [3.63, 3.8) is 0 Å². The summed E-state index contributed by atoms with van der Waals surface area (Å²) in [5.41, 5.74) is 2.94. The fourth-order valence-corrected chi connectivity index (χ4v) is 5.31. The molecule has 2 aliphatic heterocycles. The van der Waals surface area contributed by atoms with E-state index >= 15 is 0 Å². The minimum atomic E-state index is -4.39. The van der Waals surface area contributed by atoms with Gasteiger partial charge in [-0.2, -0.15) is 13.2 Å². The molecule has 5 unspecified atom stereocenters. The van der Waals surface area contributed by atoms with Gasteiger partial charge in [-0.1, -0.05) is 12.1 Å². The van der Waals surface area contributed by atoms with E-state index in [9.17, 15) is 18.0 Å². The summed E-state index contributed by atoms with van der Waals surface area (Å²) < 4.78 is 44.5. The SMILES string of the molecule is COC1CCC2C(C1)C1CNN(Cc3cccc(C(F)(F)F)c3)C(=O)C1N2C. The first-order valence-corrected chi connectivity index (χ1v) is 9.75. The van der Waals surface area contributed by atoms with Gasteiger partial charge in [0.1, 0.15) is 0 Å². The monoisotopic (exact) mass is 397 g/mol. The summed E-state index contributed by atoms with van der Waals surface area (Å²) in [6, 6.07) is 5.31. The van der Waals surface area contributed by atoms with Crippen molar-refractivity contribution in [2.24, 2.45) is 11.8 Å². The summed E-state index contributed by atoms with van der Waals surface area (Å²) in [5.74, 6) is 0.554. The van der Waals surface area contributed by atoms with Gasteiger partial charge in [0.2, 0.25) is 0 Å². The predicted octanol–water partition coefficient (Wildman–Crippen LogP) is 2.67. The van der Waals surface area contributed by atoms with Gasteiger partial charge >= 0.3 is 6.18 Å². The lowest BCUT2D eigenvalue weighted by Crippen LogP contribution is -2.59. The minimum absolute atomic E-state index is 0.0560. The maximum Gasteiger partial charge on any atom is 0.416 e. The molecular weight excluding hydrogens is 371 g/mol. The van der Waals surface area contributed by atoms with E-state index in [-0.39, 0.29) is 30.5 Å². The maximum absolute atomic E-state index is 13.2. The molecule has 0 aromatic heterocycles. The number of carbonyl (C=O) groups is 1. The van der Waals surface area contributed by atoms with E-state index in [1.165, 1.54) is 11.1 Å². The lowest BCUT2D eigenvalue weighted by molar-refractivity contribution is -0.145. The highest BCUT2D eigenvalue weighted by Crippen LogP contribution is 2.45. The molecule has 4 rings (SSSR count). The Labute approximate surface area is 162 Å². The summed E-state index contributed by atoms with van der Waals surface area (Å²) in [6.07, 6.45) is -1.19. The molecule has 1 aromatic rings. The number of hydrogen-bond acceptors (Lipinski definition) is 4. The highest BCUT2D eigenvalue weighted by molar-refractivity contribution is 5.83. The number of carbonyl (C=O) groups excluding carboxylic acids is 1. The van der Waals surface area contributed by atoms with Crippen molar-refractivity contribution in [2.75, 3.05) is 20.7 Å². The third-order valence-corrected chi connectivity index (χ3v) is 6.70. The number of likely N-dealkylation sites (tertiary alicyclic amines) is 1. The van der Waals surface area contributed by atoms with Gasteiger partial charge in [0, 0.05) is 25.6 Å². The highest BCUT2D eigenvalue weighted by atomic mass is 19.4. The first-order chi connectivity index (χ1) is 13.3. The number of nitrogens with zero attached hydrogens (tertiary/aromatic N) is 2. The Morgan fingerprint density at radius 1 is 1.25 bits per heavy atom. The van der Waals surface area contributed by atoms with Crippen LogP contribution in [-0.4, -0.2) is 54.7 Å². The minimum Gasteiger partial charge on any atom is -0.381 e. The first kappa shape index (κ1) is 19.7. The number of fused-ring (bicyclic) bond motifs is 3. The Balaban J connectivity index is 1.50. The number of likely N-dealkylation sites (N-methyl/N-ethyl adjacent to an activating group) is 1. The van der Waals surface area contributed by atoms with E-state index in [1.54, 1.807) is 13.2 Å². The Hall–Kier alpha value is -1.64. The molecule has 8 heteroatoms. The number of hydrogen-bond donors (Lipinski definition) is 1. The molecule has 1 aromatic carbocycles. The molecule has 1 N–H and O–H groups in total. The van der Waals surface area contributed by atoms with E-state index in [1.807, 2.05) is 7.05 Å². The molecule has 28 heavy (non-hydrogen) atoms. The second kappa shape index (κ2) is 7.31. The zero-order valence-electron chi connectivity index (χ0n) is 16.1. The number of methoxy groups -OCH3 is 1. The van der Waals surface area contributed by atoms with Gasteiger partial charge in [0.05, 0.1) is 24.3 Å². The van der Waals surface area contributed by atoms with Crippen molar-refractivity contribution in [3.05, 3.63) is 35.4 Å². The van der Waals surface area contributed by atoms with Crippen LogP contribution in [0.3, 0.4) is 0 Å². The van der Waals surface area contributed by atoms with Crippen molar-refractivity contribution in [1.82, 2.24) is 15.3 Å². The van der Waals surface area contributed by atoms with Crippen LogP contribution in [0.15, 0.2) is 24.3 Å². The van der Waals surface area contributed by atoms with Crippen LogP contribution in [0.5, 0.6) is 0 Å². The van der Waals surface area contributed by atoms with Gasteiger partial charge in [-0.25, -0.2) is 5.43 Å². The maximum atomic E-state index is 13.2. The number of amides is 1. The van der Waals surface area contributed by atoms with Crippen LogP contribution < -0.4 is 5.43 Å². The molecule has 1 saturated carbocycles. The molecule has 0 radical (unpaired) electrons. The summed E-state index contributed by atoms with van der Waals surface area (Å²) in [5, 5.41) is 1.48. The van der Waals surface area contributed by atoms with Crippen molar-refractivity contribution in [2.45, 2.75) is 50.2 Å². The van der Waals surface area contributed by atoms with Crippen molar-refractivity contribution in [1.29, 1.82) is 0 Å². The van der Waals surface area contributed by atoms with Crippen molar-refractivity contribution in [3.8, 4) is 0 Å². The molecule has 1 aliphatic carbocycles. The molecule has 2 saturated heterocycles. The zero-order valence-corrected chi connectivity index (χ0v) is 16.1. The predicted molar refractivity (Wildman–Crippen MR) is 97.0 cm³/mol. The van der Waals surface area contributed by atoms with Crippen molar-refractivity contribution < 1.29 is 22.7 Å². The van der Waals surface area contributed by atoms with Crippen LogP contribution in [0.25, 0.3) is 0 Å². The number of rotatable bonds is 3. The molecule has 3 fully saturated rings. The average molecular weight is 397 g/mol. The van der Waals surface area contributed by atoms with Crippen LogP contribution in [0.1, 0.15) is 30.4 Å². The standard InChI is InChI=1S/C20H26F3N3O2/c1-25-17-7-6-14(28-2)9-15(17)16-10-24-26(19(27)18(16)25)11-12-4-3-5-13(8-12)20(21,22)23/h3-5,8,14-18,24H,6-7,9-11H2,1-2H3. The summed E-state index contributed by atoms with van der Waals surface area (Å²) in [7, 11) is 3.74. The number of benzene rings is 1. The van der Waals surface area contributed by atoms with Crippen LogP contribution in [-0.2, 0) is 22.3 Å². The second-order valence-corrected chi connectivity index (χ2v) is 8.16. The third kappa shape index (κ3) is 3.42. The molecule has 0 spiro atoms. The lowest BCUT2D eigenvalue weighted by atomic mass is 9.76. The van der Waals surface area contributed by atoms with E-state index < -0.39 is 11.7 Å². The van der Waals surface area contributed by atoms with Gasteiger partial charge in [-0.3, -0.25) is 14.7 Å². The quantitative estimate of drug-likeness (QED) is 0.852. The molecule has 0 bridgehead atoms. The van der Waals surface area contributed by atoms with Gasteiger partial charge in [0.15, 0.2) is 0 Å². The number of hydrazine groups is 1. The van der Waals surface area contributed by atoms with Gasteiger partial charge < -0.3 is 4.74 Å². The van der Waals surface area contributed by atoms with Crippen LogP contribution in [0, 0.1) is 11.8 Å². The highest BCUT2D eigenvalue weighted by Gasteiger charge is 2.54. The molecule has 1 amide bonds. The summed E-state index contributed by atoms with van der Waals surface area (Å²) in [6.45, 7) is 0.771. The molecule has 5 atom stereocenters. The summed E-state index contributed by atoms with van der Waals surface area (Å²) >= 11 is 0. The Morgan fingerprint density at radius 3 is 2.75 bits per heavy atom. The first-order valence-electron chi connectivity index (χ1n) is 9.75.